The molecular formula is C15H18N2OS. The van der Waals surface area contributed by atoms with Gasteiger partial charge in [0.2, 0.25) is 5.91 Å². The molecule has 2 aromatic rings. The highest BCUT2D eigenvalue weighted by atomic mass is 32.2. The Balaban J connectivity index is 1.77. The predicted octanol–water partition coefficient (Wildman–Crippen LogP) is 3.31. The van der Waals surface area contributed by atoms with E-state index in [1.165, 1.54) is 0 Å². The van der Waals surface area contributed by atoms with Crippen LogP contribution in [0.3, 0.4) is 0 Å². The Morgan fingerprint density at radius 2 is 2.37 bits per heavy atom. The summed E-state index contributed by atoms with van der Waals surface area (Å²) < 4.78 is 3.06. The van der Waals surface area contributed by atoms with Gasteiger partial charge in [0.05, 0.1) is 5.52 Å². The Bertz CT molecular complexity index is 646. The lowest BCUT2D eigenvalue weighted by Crippen LogP contribution is -2.20. The molecule has 1 aromatic carbocycles. The van der Waals surface area contributed by atoms with E-state index < -0.39 is 10.7 Å². The fourth-order valence-corrected chi connectivity index (χ4v) is 3.70. The van der Waals surface area contributed by atoms with Crippen molar-refractivity contribution in [3.63, 3.8) is 0 Å². The average molecular weight is 274 g/mol. The third kappa shape index (κ3) is 2.32. The molecule has 2 N–H and O–H groups in total. The van der Waals surface area contributed by atoms with Crippen LogP contribution in [0, 0.1) is 11.8 Å². The molecule has 19 heavy (non-hydrogen) atoms. The number of amides is 1. The summed E-state index contributed by atoms with van der Waals surface area (Å²) >= 11 is 0. The zero-order valence-electron chi connectivity index (χ0n) is 11.0. The molecule has 0 radical (unpaired) electrons. The predicted molar refractivity (Wildman–Crippen MR) is 81.3 cm³/mol. The highest BCUT2D eigenvalue weighted by Crippen LogP contribution is 2.42. The standard InChI is InChI=1S/C15H18N2OS/c1-3-10-9-12(10)15(18)17-19(2)13-6-4-5-11-7-8-16-14(11)13/h4-8,10,12,16H,2-3,9H2,1H3,(H,17,18). The number of benzene rings is 1. The number of hydrogen-bond donors (Lipinski definition) is 2. The molecule has 0 aliphatic heterocycles. The van der Waals surface area contributed by atoms with Crippen LogP contribution >= 0.6 is 10.7 Å². The van der Waals surface area contributed by atoms with E-state index >= 15 is 0 Å². The van der Waals surface area contributed by atoms with Crippen molar-refractivity contribution >= 4 is 33.4 Å². The number of H-pyrrole nitrogens is 1. The first-order chi connectivity index (χ1) is 9.20. The summed E-state index contributed by atoms with van der Waals surface area (Å²) in [6.45, 7) is 2.14. The van der Waals surface area contributed by atoms with Crippen molar-refractivity contribution in [2.45, 2.75) is 24.7 Å². The lowest BCUT2D eigenvalue weighted by Gasteiger charge is -2.11. The van der Waals surface area contributed by atoms with Gasteiger partial charge in [-0.15, -0.1) is 0 Å². The highest BCUT2D eigenvalue weighted by Gasteiger charge is 2.41. The maximum Gasteiger partial charge on any atom is 0.233 e. The second-order valence-corrected chi connectivity index (χ2v) is 6.49. The molecule has 3 nitrogen and oxygen atoms in total. The van der Waals surface area contributed by atoms with Gasteiger partial charge >= 0.3 is 0 Å². The van der Waals surface area contributed by atoms with Crippen LogP contribution in [0.5, 0.6) is 0 Å². The van der Waals surface area contributed by atoms with E-state index in [1.54, 1.807) is 0 Å². The van der Waals surface area contributed by atoms with Gasteiger partial charge in [0, 0.05) is 22.4 Å². The number of para-hydroxylation sites is 1. The zero-order valence-corrected chi connectivity index (χ0v) is 11.8. The van der Waals surface area contributed by atoms with Crippen molar-refractivity contribution in [2.75, 3.05) is 0 Å². The lowest BCUT2D eigenvalue weighted by atomic mass is 10.2. The van der Waals surface area contributed by atoms with Crippen LogP contribution in [-0.2, 0) is 4.79 Å². The molecule has 1 aromatic heterocycles. The second kappa shape index (κ2) is 4.85. The summed E-state index contributed by atoms with van der Waals surface area (Å²) in [6, 6.07) is 8.13. The summed E-state index contributed by atoms with van der Waals surface area (Å²) in [6.07, 6.45) is 4.04. The third-order valence-corrected chi connectivity index (χ3v) is 5.14. The number of carbonyl (C=O) groups excluding carboxylic acids is 1. The summed E-state index contributed by atoms with van der Waals surface area (Å²) in [5, 5.41) is 1.16. The number of aromatic nitrogens is 1. The summed E-state index contributed by atoms with van der Waals surface area (Å²) in [5.74, 6) is 5.07. The molecule has 1 aliphatic carbocycles. The first-order valence-corrected chi connectivity index (χ1v) is 8.00. The van der Waals surface area contributed by atoms with Crippen LogP contribution in [0.25, 0.3) is 10.9 Å². The van der Waals surface area contributed by atoms with E-state index in [2.05, 4.69) is 28.6 Å². The Morgan fingerprint density at radius 3 is 3.11 bits per heavy atom. The van der Waals surface area contributed by atoms with Crippen molar-refractivity contribution in [1.29, 1.82) is 0 Å². The van der Waals surface area contributed by atoms with Crippen LogP contribution in [0.15, 0.2) is 35.4 Å². The SMILES string of the molecule is C=S(NC(=O)C1CC1CC)c1cccc2cc[nH]c12. The van der Waals surface area contributed by atoms with Gasteiger partial charge in [0.25, 0.3) is 0 Å². The normalized spacial score (nSPS) is 23.2. The monoisotopic (exact) mass is 274 g/mol. The van der Waals surface area contributed by atoms with E-state index in [0.717, 1.165) is 28.6 Å². The molecule has 100 valence electrons. The minimum Gasteiger partial charge on any atom is -0.360 e. The Labute approximate surface area is 115 Å². The molecule has 3 atom stereocenters. The molecule has 1 fully saturated rings. The molecule has 3 unspecified atom stereocenters. The lowest BCUT2D eigenvalue weighted by molar-refractivity contribution is -0.120. The van der Waals surface area contributed by atoms with E-state index in [-0.39, 0.29) is 11.8 Å². The van der Waals surface area contributed by atoms with Crippen LogP contribution < -0.4 is 4.72 Å². The fraction of sp³-hybridized carbons (Fsp3) is 0.333. The Hall–Kier alpha value is -1.55. The van der Waals surface area contributed by atoms with Gasteiger partial charge < -0.3 is 9.71 Å². The summed E-state index contributed by atoms with van der Waals surface area (Å²) in [5.41, 5.74) is 1.07. The molecule has 4 heteroatoms. The molecule has 1 amide bonds. The zero-order chi connectivity index (χ0) is 13.4. The number of nitrogens with one attached hydrogen (secondary N) is 2. The van der Waals surface area contributed by atoms with Crippen molar-refractivity contribution < 1.29 is 4.79 Å². The smallest absolute Gasteiger partial charge is 0.233 e. The molecule has 0 bridgehead atoms. The highest BCUT2D eigenvalue weighted by molar-refractivity contribution is 8.13. The van der Waals surface area contributed by atoms with E-state index in [0.29, 0.717) is 5.92 Å². The molecule has 3 rings (SSSR count). The van der Waals surface area contributed by atoms with Gasteiger partial charge in [-0.2, -0.15) is 0 Å². The Morgan fingerprint density at radius 1 is 1.53 bits per heavy atom. The van der Waals surface area contributed by atoms with Gasteiger partial charge in [-0.1, -0.05) is 42.0 Å². The van der Waals surface area contributed by atoms with Crippen molar-refractivity contribution in [2.24, 2.45) is 11.8 Å². The van der Waals surface area contributed by atoms with Crippen LogP contribution in [0.4, 0.5) is 0 Å². The summed E-state index contributed by atoms with van der Waals surface area (Å²) in [7, 11) is -0.495. The van der Waals surface area contributed by atoms with Crippen LogP contribution in [-0.4, -0.2) is 16.8 Å². The number of carbonyl (C=O) groups is 1. The molecule has 0 spiro atoms. The van der Waals surface area contributed by atoms with Crippen molar-refractivity contribution in [3.05, 3.63) is 30.5 Å². The minimum atomic E-state index is -0.495. The minimum absolute atomic E-state index is 0.161. The third-order valence-electron chi connectivity index (χ3n) is 3.82. The molecule has 1 heterocycles. The average Bonchev–Trinajstić information content (AvgIpc) is 3.06. The molecule has 1 saturated carbocycles. The fourth-order valence-electron chi connectivity index (χ4n) is 2.53. The quantitative estimate of drug-likeness (QED) is 0.825. The largest absolute Gasteiger partial charge is 0.360 e. The molecule has 1 aliphatic rings. The number of hydrogen-bond acceptors (Lipinski definition) is 1. The first-order valence-electron chi connectivity index (χ1n) is 6.61. The maximum atomic E-state index is 12.1. The number of aromatic amines is 1. The van der Waals surface area contributed by atoms with Gasteiger partial charge in [0.1, 0.15) is 0 Å². The Kier molecular flexibility index (Phi) is 3.19. The van der Waals surface area contributed by atoms with Crippen LogP contribution in [0.1, 0.15) is 19.8 Å². The molecule has 0 saturated heterocycles. The molecular weight excluding hydrogens is 256 g/mol. The van der Waals surface area contributed by atoms with Gasteiger partial charge in [-0.3, -0.25) is 4.79 Å². The van der Waals surface area contributed by atoms with Gasteiger partial charge in [0.15, 0.2) is 0 Å². The van der Waals surface area contributed by atoms with E-state index in [9.17, 15) is 4.79 Å². The van der Waals surface area contributed by atoms with E-state index in [4.69, 9.17) is 0 Å². The van der Waals surface area contributed by atoms with E-state index in [1.807, 2.05) is 24.4 Å². The van der Waals surface area contributed by atoms with Gasteiger partial charge in [-0.05, 0) is 24.5 Å². The topological polar surface area (TPSA) is 44.9 Å². The summed E-state index contributed by atoms with van der Waals surface area (Å²) in [4.78, 5) is 16.4. The van der Waals surface area contributed by atoms with Crippen molar-refractivity contribution in [3.8, 4) is 0 Å². The number of fused-ring (bicyclic) bond motifs is 1. The van der Waals surface area contributed by atoms with Crippen molar-refractivity contribution in [1.82, 2.24) is 9.71 Å². The number of rotatable bonds is 4. The second-order valence-electron chi connectivity index (χ2n) is 5.07. The first kappa shape index (κ1) is 12.5. The van der Waals surface area contributed by atoms with Gasteiger partial charge in [-0.25, -0.2) is 0 Å². The maximum absolute atomic E-state index is 12.1. The van der Waals surface area contributed by atoms with Crippen LogP contribution in [0.2, 0.25) is 0 Å².